The SMILES string of the molecule is Cc1ccc(NCc2ccccc2Cl)cc1S(N)(=O)=O. The fourth-order valence-corrected chi connectivity index (χ4v) is 2.87. The van der Waals surface area contributed by atoms with E-state index < -0.39 is 10.0 Å². The molecule has 0 fully saturated rings. The Kier molecular flexibility index (Phi) is 4.32. The van der Waals surface area contributed by atoms with Gasteiger partial charge in [0.25, 0.3) is 0 Å². The minimum Gasteiger partial charge on any atom is -0.381 e. The number of primary sulfonamides is 1. The number of hydrogen-bond donors (Lipinski definition) is 2. The quantitative estimate of drug-likeness (QED) is 0.912. The van der Waals surface area contributed by atoms with Gasteiger partial charge in [0.2, 0.25) is 10.0 Å². The van der Waals surface area contributed by atoms with Gasteiger partial charge in [-0.1, -0.05) is 35.9 Å². The highest BCUT2D eigenvalue weighted by Crippen LogP contribution is 2.21. The van der Waals surface area contributed by atoms with Gasteiger partial charge in [-0.3, -0.25) is 0 Å². The fraction of sp³-hybridized carbons (Fsp3) is 0.143. The Balaban J connectivity index is 2.21. The van der Waals surface area contributed by atoms with E-state index in [9.17, 15) is 8.42 Å². The van der Waals surface area contributed by atoms with E-state index in [4.69, 9.17) is 16.7 Å². The summed E-state index contributed by atoms with van der Waals surface area (Å²) in [5, 5.41) is 8.98. The number of anilines is 1. The van der Waals surface area contributed by atoms with Gasteiger partial charge in [0.15, 0.2) is 0 Å². The third kappa shape index (κ3) is 3.50. The van der Waals surface area contributed by atoms with E-state index in [2.05, 4.69) is 5.32 Å². The van der Waals surface area contributed by atoms with Crippen LogP contribution in [0.25, 0.3) is 0 Å². The van der Waals surface area contributed by atoms with Crippen LogP contribution in [0.3, 0.4) is 0 Å². The maximum atomic E-state index is 11.5. The van der Waals surface area contributed by atoms with Crippen molar-refractivity contribution in [1.29, 1.82) is 0 Å². The summed E-state index contributed by atoms with van der Waals surface area (Å²) in [7, 11) is -3.71. The molecule has 4 nitrogen and oxygen atoms in total. The molecule has 0 aliphatic heterocycles. The third-order valence-corrected chi connectivity index (χ3v) is 4.36. The molecule has 0 aliphatic carbocycles. The van der Waals surface area contributed by atoms with E-state index in [-0.39, 0.29) is 4.90 Å². The Morgan fingerprint density at radius 3 is 2.55 bits per heavy atom. The molecule has 0 atom stereocenters. The van der Waals surface area contributed by atoms with Crippen molar-refractivity contribution < 1.29 is 8.42 Å². The van der Waals surface area contributed by atoms with Crippen LogP contribution in [0.2, 0.25) is 5.02 Å². The van der Waals surface area contributed by atoms with Crippen molar-refractivity contribution in [1.82, 2.24) is 0 Å². The van der Waals surface area contributed by atoms with Crippen LogP contribution in [-0.2, 0) is 16.6 Å². The highest BCUT2D eigenvalue weighted by molar-refractivity contribution is 7.89. The fourth-order valence-electron chi connectivity index (χ4n) is 1.86. The smallest absolute Gasteiger partial charge is 0.238 e. The van der Waals surface area contributed by atoms with E-state index in [0.717, 1.165) is 5.56 Å². The highest BCUT2D eigenvalue weighted by Gasteiger charge is 2.12. The Hall–Kier alpha value is -1.56. The first-order chi connectivity index (χ1) is 9.38. The van der Waals surface area contributed by atoms with Crippen molar-refractivity contribution in [2.45, 2.75) is 18.4 Å². The lowest BCUT2D eigenvalue weighted by Gasteiger charge is -2.10. The van der Waals surface area contributed by atoms with Gasteiger partial charge in [0, 0.05) is 17.3 Å². The summed E-state index contributed by atoms with van der Waals surface area (Å²) in [5.41, 5.74) is 2.24. The molecule has 0 bridgehead atoms. The zero-order valence-electron chi connectivity index (χ0n) is 10.9. The van der Waals surface area contributed by atoms with Gasteiger partial charge in [0.1, 0.15) is 0 Å². The average molecular weight is 311 g/mol. The largest absolute Gasteiger partial charge is 0.381 e. The molecule has 0 aromatic heterocycles. The first-order valence-corrected chi connectivity index (χ1v) is 7.91. The van der Waals surface area contributed by atoms with Gasteiger partial charge < -0.3 is 5.32 Å². The third-order valence-electron chi connectivity index (χ3n) is 2.94. The second-order valence-corrected chi connectivity index (χ2v) is 6.41. The molecule has 0 spiro atoms. The van der Waals surface area contributed by atoms with Gasteiger partial charge in [0.05, 0.1) is 4.90 Å². The monoisotopic (exact) mass is 310 g/mol. The second-order valence-electron chi connectivity index (χ2n) is 4.47. The predicted molar refractivity (Wildman–Crippen MR) is 81.3 cm³/mol. The van der Waals surface area contributed by atoms with Crippen molar-refractivity contribution in [2.24, 2.45) is 5.14 Å². The lowest BCUT2D eigenvalue weighted by Crippen LogP contribution is -2.14. The number of rotatable bonds is 4. The van der Waals surface area contributed by atoms with Crippen molar-refractivity contribution in [2.75, 3.05) is 5.32 Å². The molecule has 0 heterocycles. The Labute approximate surface area is 123 Å². The van der Waals surface area contributed by atoms with Crippen LogP contribution >= 0.6 is 11.6 Å². The number of hydrogen-bond acceptors (Lipinski definition) is 3. The molecule has 0 unspecified atom stereocenters. The van der Waals surface area contributed by atoms with Gasteiger partial charge in [-0.25, -0.2) is 13.6 Å². The molecule has 0 radical (unpaired) electrons. The van der Waals surface area contributed by atoms with Gasteiger partial charge in [-0.2, -0.15) is 0 Å². The molecule has 0 amide bonds. The highest BCUT2D eigenvalue weighted by atomic mass is 35.5. The van der Waals surface area contributed by atoms with Gasteiger partial charge in [-0.05, 0) is 36.2 Å². The summed E-state index contributed by atoms with van der Waals surface area (Å²) in [6, 6.07) is 12.5. The van der Waals surface area contributed by atoms with Crippen LogP contribution in [0.5, 0.6) is 0 Å². The molecule has 20 heavy (non-hydrogen) atoms. The molecule has 2 aromatic carbocycles. The molecular weight excluding hydrogens is 296 g/mol. The average Bonchev–Trinajstić information content (AvgIpc) is 2.38. The molecule has 3 N–H and O–H groups in total. The molecule has 0 aliphatic rings. The topological polar surface area (TPSA) is 72.2 Å². The number of nitrogens with one attached hydrogen (secondary N) is 1. The van der Waals surface area contributed by atoms with E-state index >= 15 is 0 Å². The Morgan fingerprint density at radius 2 is 1.90 bits per heavy atom. The maximum absolute atomic E-state index is 11.5. The molecule has 2 aromatic rings. The standard InChI is InChI=1S/C14H15ClN2O2S/c1-10-6-7-12(8-14(10)20(16,18)19)17-9-11-4-2-3-5-13(11)15/h2-8,17H,9H2,1H3,(H2,16,18,19). The van der Waals surface area contributed by atoms with Crippen LogP contribution in [0, 0.1) is 6.92 Å². The Bertz CT molecular complexity index is 730. The van der Waals surface area contributed by atoms with Gasteiger partial charge in [-0.15, -0.1) is 0 Å². The molecule has 2 rings (SSSR count). The molecule has 6 heteroatoms. The van der Waals surface area contributed by atoms with Crippen LogP contribution in [0.15, 0.2) is 47.4 Å². The van der Waals surface area contributed by atoms with E-state index in [1.807, 2.05) is 24.3 Å². The summed E-state index contributed by atoms with van der Waals surface area (Å²) in [6.45, 7) is 2.21. The Morgan fingerprint density at radius 1 is 1.20 bits per heavy atom. The van der Waals surface area contributed by atoms with Crippen LogP contribution in [0.4, 0.5) is 5.69 Å². The van der Waals surface area contributed by atoms with E-state index in [1.165, 1.54) is 6.07 Å². The van der Waals surface area contributed by atoms with E-state index in [1.54, 1.807) is 19.1 Å². The summed E-state index contributed by atoms with van der Waals surface area (Å²) < 4.78 is 22.9. The summed E-state index contributed by atoms with van der Waals surface area (Å²) in [5.74, 6) is 0. The second kappa shape index (κ2) is 5.83. The summed E-state index contributed by atoms with van der Waals surface area (Å²) in [4.78, 5) is 0.127. The van der Waals surface area contributed by atoms with E-state index in [0.29, 0.717) is 22.8 Å². The van der Waals surface area contributed by atoms with Crippen LogP contribution in [-0.4, -0.2) is 8.42 Å². The van der Waals surface area contributed by atoms with Crippen molar-refractivity contribution in [3.05, 3.63) is 58.6 Å². The first kappa shape index (κ1) is 14.8. The molecular formula is C14H15ClN2O2S. The lowest BCUT2D eigenvalue weighted by molar-refractivity contribution is 0.597. The van der Waals surface area contributed by atoms with Crippen LogP contribution in [0.1, 0.15) is 11.1 Å². The molecule has 0 saturated heterocycles. The zero-order valence-corrected chi connectivity index (χ0v) is 12.5. The van der Waals surface area contributed by atoms with Crippen molar-refractivity contribution in [3.63, 3.8) is 0 Å². The number of sulfonamides is 1. The van der Waals surface area contributed by atoms with Crippen LogP contribution < -0.4 is 10.5 Å². The minimum absolute atomic E-state index is 0.127. The van der Waals surface area contributed by atoms with Crippen molar-refractivity contribution in [3.8, 4) is 0 Å². The summed E-state index contributed by atoms with van der Waals surface area (Å²) >= 11 is 6.06. The number of aryl methyl sites for hydroxylation is 1. The maximum Gasteiger partial charge on any atom is 0.238 e. The summed E-state index contributed by atoms with van der Waals surface area (Å²) in [6.07, 6.45) is 0. The zero-order chi connectivity index (χ0) is 14.8. The number of nitrogens with two attached hydrogens (primary N) is 1. The number of benzene rings is 2. The molecule has 106 valence electrons. The van der Waals surface area contributed by atoms with Crippen molar-refractivity contribution >= 4 is 27.3 Å². The molecule has 0 saturated carbocycles. The first-order valence-electron chi connectivity index (χ1n) is 5.98. The normalized spacial score (nSPS) is 11.3. The minimum atomic E-state index is -3.71. The lowest BCUT2D eigenvalue weighted by atomic mass is 10.2. The van der Waals surface area contributed by atoms with Gasteiger partial charge >= 0.3 is 0 Å². The number of halogens is 1. The predicted octanol–water partition coefficient (Wildman–Crippen LogP) is 2.91.